The van der Waals surface area contributed by atoms with Gasteiger partial charge in [0.2, 0.25) is 5.91 Å². The SMILES string of the molecule is CCNC(=NCC(=O)N1CCCC1)N1CCC(CN(CC)C(=O)OC(C)(C)C)CC1. The number of rotatable bonds is 6. The van der Waals surface area contributed by atoms with Crippen LogP contribution in [0.1, 0.15) is 60.3 Å². The summed E-state index contributed by atoms with van der Waals surface area (Å²) >= 11 is 0. The molecular weight excluding hydrogens is 382 g/mol. The molecule has 0 spiro atoms. The van der Waals surface area contributed by atoms with Crippen LogP contribution in [0.2, 0.25) is 0 Å². The average Bonchev–Trinajstić information content (AvgIpc) is 3.23. The van der Waals surface area contributed by atoms with E-state index in [0.29, 0.717) is 12.5 Å². The number of amides is 2. The topological polar surface area (TPSA) is 77.5 Å². The van der Waals surface area contributed by atoms with E-state index in [2.05, 4.69) is 15.2 Å². The molecule has 2 aliphatic heterocycles. The fourth-order valence-electron chi connectivity index (χ4n) is 3.93. The maximum atomic E-state index is 12.4. The highest BCUT2D eigenvalue weighted by molar-refractivity contribution is 5.85. The summed E-state index contributed by atoms with van der Waals surface area (Å²) < 4.78 is 5.53. The second-order valence-electron chi connectivity index (χ2n) is 9.21. The maximum Gasteiger partial charge on any atom is 0.410 e. The Kier molecular flexibility index (Phi) is 9.24. The number of nitrogens with zero attached hydrogens (tertiary/aromatic N) is 4. The molecule has 172 valence electrons. The zero-order chi connectivity index (χ0) is 22.1. The second kappa shape index (κ2) is 11.4. The molecule has 0 aromatic carbocycles. The first-order chi connectivity index (χ1) is 14.2. The highest BCUT2D eigenvalue weighted by atomic mass is 16.6. The van der Waals surface area contributed by atoms with Crippen molar-refractivity contribution >= 4 is 18.0 Å². The fourth-order valence-corrected chi connectivity index (χ4v) is 3.93. The lowest BCUT2D eigenvalue weighted by atomic mass is 9.96. The summed E-state index contributed by atoms with van der Waals surface area (Å²) in [5, 5.41) is 3.33. The van der Waals surface area contributed by atoms with Crippen molar-refractivity contribution in [3.63, 3.8) is 0 Å². The first-order valence-electron chi connectivity index (χ1n) is 11.5. The first-order valence-corrected chi connectivity index (χ1v) is 11.5. The number of piperidine rings is 1. The summed E-state index contributed by atoms with van der Waals surface area (Å²) in [5.41, 5.74) is -0.475. The highest BCUT2D eigenvalue weighted by Crippen LogP contribution is 2.20. The number of nitrogens with one attached hydrogen (secondary N) is 1. The van der Waals surface area contributed by atoms with E-state index >= 15 is 0 Å². The Balaban J connectivity index is 1.85. The van der Waals surface area contributed by atoms with Crippen molar-refractivity contribution in [2.75, 3.05) is 52.4 Å². The van der Waals surface area contributed by atoms with Crippen molar-refractivity contribution < 1.29 is 14.3 Å². The number of aliphatic imine (C=N–C) groups is 1. The zero-order valence-corrected chi connectivity index (χ0v) is 19.6. The molecule has 2 heterocycles. The van der Waals surface area contributed by atoms with Gasteiger partial charge in [-0.05, 0) is 66.2 Å². The Hall–Kier alpha value is -1.99. The monoisotopic (exact) mass is 423 g/mol. The number of hydrogen-bond donors (Lipinski definition) is 1. The standard InChI is InChI=1S/C22H41N5O3/c1-6-23-20(24-16-19(28)26-12-8-9-13-26)27-14-10-18(11-15-27)17-25(7-2)21(29)30-22(3,4)5/h18H,6-17H2,1-5H3,(H,23,24). The predicted molar refractivity (Wildman–Crippen MR) is 120 cm³/mol. The van der Waals surface area contributed by atoms with Crippen LogP contribution in [-0.4, -0.2) is 90.6 Å². The van der Waals surface area contributed by atoms with Gasteiger partial charge in [-0.2, -0.15) is 0 Å². The van der Waals surface area contributed by atoms with Crippen LogP contribution in [0.4, 0.5) is 4.79 Å². The minimum Gasteiger partial charge on any atom is -0.444 e. The molecule has 8 nitrogen and oxygen atoms in total. The molecule has 0 aromatic heterocycles. The molecule has 8 heteroatoms. The molecule has 0 radical (unpaired) electrons. The molecule has 1 N–H and O–H groups in total. The van der Waals surface area contributed by atoms with Crippen LogP contribution in [0.3, 0.4) is 0 Å². The molecule has 0 unspecified atom stereocenters. The van der Waals surface area contributed by atoms with E-state index in [1.807, 2.05) is 39.5 Å². The van der Waals surface area contributed by atoms with E-state index < -0.39 is 5.60 Å². The number of ether oxygens (including phenoxy) is 1. The number of carbonyl (C=O) groups is 2. The second-order valence-corrected chi connectivity index (χ2v) is 9.21. The Morgan fingerprint density at radius 3 is 2.23 bits per heavy atom. The van der Waals surface area contributed by atoms with Gasteiger partial charge in [0.25, 0.3) is 0 Å². The maximum absolute atomic E-state index is 12.4. The number of likely N-dealkylation sites (tertiary alicyclic amines) is 2. The molecule has 0 bridgehead atoms. The lowest BCUT2D eigenvalue weighted by molar-refractivity contribution is -0.128. The third-order valence-electron chi connectivity index (χ3n) is 5.58. The van der Waals surface area contributed by atoms with Crippen LogP contribution in [0.5, 0.6) is 0 Å². The smallest absolute Gasteiger partial charge is 0.410 e. The lowest BCUT2D eigenvalue weighted by Crippen LogP contribution is -2.48. The summed E-state index contributed by atoms with van der Waals surface area (Å²) in [5.74, 6) is 1.39. The predicted octanol–water partition coefficient (Wildman–Crippen LogP) is 2.54. The average molecular weight is 424 g/mol. The number of guanidine groups is 1. The van der Waals surface area contributed by atoms with Gasteiger partial charge in [-0.15, -0.1) is 0 Å². The van der Waals surface area contributed by atoms with Crippen LogP contribution in [-0.2, 0) is 9.53 Å². The van der Waals surface area contributed by atoms with E-state index in [1.54, 1.807) is 4.90 Å². The van der Waals surface area contributed by atoms with E-state index in [0.717, 1.165) is 70.9 Å². The molecule has 0 atom stereocenters. The third-order valence-corrected chi connectivity index (χ3v) is 5.58. The van der Waals surface area contributed by atoms with Crippen molar-refractivity contribution in [3.8, 4) is 0 Å². The molecule has 2 aliphatic rings. The van der Waals surface area contributed by atoms with Crippen LogP contribution >= 0.6 is 0 Å². The Morgan fingerprint density at radius 2 is 1.70 bits per heavy atom. The molecule has 0 aliphatic carbocycles. The van der Waals surface area contributed by atoms with Gasteiger partial charge < -0.3 is 24.8 Å². The van der Waals surface area contributed by atoms with Gasteiger partial charge in [0.05, 0.1) is 0 Å². The van der Waals surface area contributed by atoms with Crippen LogP contribution in [0, 0.1) is 5.92 Å². The Bertz CT molecular complexity index is 588. The number of hydrogen-bond acceptors (Lipinski definition) is 4. The van der Waals surface area contributed by atoms with E-state index in [4.69, 9.17) is 4.74 Å². The van der Waals surface area contributed by atoms with Crippen molar-refractivity contribution in [2.45, 2.75) is 65.9 Å². The van der Waals surface area contributed by atoms with Gasteiger partial charge in [0, 0.05) is 45.8 Å². The molecule has 2 saturated heterocycles. The molecular formula is C22H41N5O3. The van der Waals surface area contributed by atoms with Crippen molar-refractivity contribution in [3.05, 3.63) is 0 Å². The summed E-state index contributed by atoms with van der Waals surface area (Å²) in [7, 11) is 0. The summed E-state index contributed by atoms with van der Waals surface area (Å²) in [4.78, 5) is 35.3. The van der Waals surface area contributed by atoms with Crippen LogP contribution < -0.4 is 5.32 Å². The Morgan fingerprint density at radius 1 is 1.07 bits per heavy atom. The molecule has 0 saturated carbocycles. The van der Waals surface area contributed by atoms with Crippen molar-refractivity contribution in [2.24, 2.45) is 10.9 Å². The summed E-state index contributed by atoms with van der Waals surface area (Å²) in [6.45, 7) is 15.6. The molecule has 2 amide bonds. The quantitative estimate of drug-likeness (QED) is 0.525. The van der Waals surface area contributed by atoms with Crippen LogP contribution in [0.15, 0.2) is 4.99 Å². The van der Waals surface area contributed by atoms with Crippen molar-refractivity contribution in [1.82, 2.24) is 20.0 Å². The first kappa shape index (κ1) is 24.3. The van der Waals surface area contributed by atoms with Gasteiger partial charge in [-0.1, -0.05) is 0 Å². The van der Waals surface area contributed by atoms with Crippen molar-refractivity contribution in [1.29, 1.82) is 0 Å². The van der Waals surface area contributed by atoms with Gasteiger partial charge in [-0.3, -0.25) is 4.79 Å². The minimum atomic E-state index is -0.475. The fraction of sp³-hybridized carbons (Fsp3) is 0.864. The van der Waals surface area contributed by atoms with E-state index in [9.17, 15) is 9.59 Å². The van der Waals surface area contributed by atoms with Gasteiger partial charge >= 0.3 is 6.09 Å². The molecule has 30 heavy (non-hydrogen) atoms. The van der Waals surface area contributed by atoms with Gasteiger partial charge in [-0.25, -0.2) is 9.79 Å². The normalized spacial score (nSPS) is 18.5. The number of carbonyl (C=O) groups excluding carboxylic acids is 2. The van der Waals surface area contributed by atoms with Gasteiger partial charge in [0.1, 0.15) is 12.1 Å². The largest absolute Gasteiger partial charge is 0.444 e. The molecule has 2 rings (SSSR count). The Labute approximate surface area is 182 Å². The minimum absolute atomic E-state index is 0.119. The van der Waals surface area contributed by atoms with Crippen LogP contribution in [0.25, 0.3) is 0 Å². The zero-order valence-electron chi connectivity index (χ0n) is 19.6. The lowest BCUT2D eigenvalue weighted by Gasteiger charge is -2.36. The molecule has 0 aromatic rings. The molecule has 2 fully saturated rings. The highest BCUT2D eigenvalue weighted by Gasteiger charge is 2.27. The van der Waals surface area contributed by atoms with E-state index in [-0.39, 0.29) is 18.5 Å². The van der Waals surface area contributed by atoms with E-state index in [1.165, 1.54) is 0 Å². The van der Waals surface area contributed by atoms with Gasteiger partial charge in [0.15, 0.2) is 5.96 Å². The summed E-state index contributed by atoms with van der Waals surface area (Å²) in [6.07, 6.45) is 3.94. The third kappa shape index (κ3) is 7.69. The summed E-state index contributed by atoms with van der Waals surface area (Å²) in [6, 6.07) is 0.